The SMILES string of the molecule is Cl.O=C(CC1CCCN1)N1CCOC(c2ccccc2F)C1. The number of nitrogens with one attached hydrogen (secondary N) is 1. The van der Waals surface area contributed by atoms with Crippen molar-refractivity contribution in [2.45, 2.75) is 31.4 Å². The number of carbonyl (C=O) groups is 1. The average Bonchev–Trinajstić information content (AvgIpc) is 3.01. The van der Waals surface area contributed by atoms with Crippen LogP contribution in [0, 0.1) is 5.82 Å². The van der Waals surface area contributed by atoms with Gasteiger partial charge in [-0.1, -0.05) is 18.2 Å². The van der Waals surface area contributed by atoms with Crippen LogP contribution in [0.1, 0.15) is 30.9 Å². The molecule has 2 unspecified atom stereocenters. The van der Waals surface area contributed by atoms with Crippen molar-refractivity contribution in [3.8, 4) is 0 Å². The van der Waals surface area contributed by atoms with Crippen LogP contribution in [0.2, 0.25) is 0 Å². The van der Waals surface area contributed by atoms with Crippen LogP contribution in [0.15, 0.2) is 24.3 Å². The summed E-state index contributed by atoms with van der Waals surface area (Å²) in [5.74, 6) is -0.131. The predicted octanol–water partition coefficient (Wildman–Crippen LogP) is 2.29. The molecule has 2 fully saturated rings. The van der Waals surface area contributed by atoms with Crippen molar-refractivity contribution in [3.05, 3.63) is 35.6 Å². The molecule has 0 aromatic heterocycles. The number of amides is 1. The molecule has 1 N–H and O–H groups in total. The molecular formula is C16H22ClFN2O2. The molecule has 2 saturated heterocycles. The van der Waals surface area contributed by atoms with Crippen molar-refractivity contribution in [3.63, 3.8) is 0 Å². The van der Waals surface area contributed by atoms with Gasteiger partial charge in [-0.05, 0) is 25.5 Å². The summed E-state index contributed by atoms with van der Waals surface area (Å²) in [7, 11) is 0. The number of hydrogen-bond donors (Lipinski definition) is 1. The topological polar surface area (TPSA) is 41.6 Å². The summed E-state index contributed by atoms with van der Waals surface area (Å²) in [5.41, 5.74) is 0.536. The Balaban J connectivity index is 0.00000176. The minimum atomic E-state index is -0.361. The third-order valence-corrected chi connectivity index (χ3v) is 4.25. The zero-order valence-corrected chi connectivity index (χ0v) is 13.3. The number of morpholine rings is 1. The summed E-state index contributed by atoms with van der Waals surface area (Å²) in [5, 5.41) is 3.34. The molecule has 0 saturated carbocycles. The summed E-state index contributed by atoms with van der Waals surface area (Å²) in [4.78, 5) is 14.2. The van der Waals surface area contributed by atoms with Gasteiger partial charge in [0, 0.05) is 24.6 Å². The highest BCUT2D eigenvalue weighted by Crippen LogP contribution is 2.25. The largest absolute Gasteiger partial charge is 0.370 e. The minimum Gasteiger partial charge on any atom is -0.370 e. The number of halogens is 2. The van der Waals surface area contributed by atoms with Gasteiger partial charge in [0.2, 0.25) is 5.91 Å². The predicted molar refractivity (Wildman–Crippen MR) is 84.6 cm³/mol. The normalized spacial score (nSPS) is 24.9. The molecular weight excluding hydrogens is 307 g/mol. The first-order chi connectivity index (χ1) is 10.2. The second-order valence-electron chi connectivity index (χ2n) is 5.72. The Morgan fingerprint density at radius 3 is 2.95 bits per heavy atom. The first kappa shape index (κ1) is 17.2. The number of carbonyl (C=O) groups excluding carboxylic acids is 1. The van der Waals surface area contributed by atoms with Gasteiger partial charge in [0.1, 0.15) is 11.9 Å². The molecule has 0 bridgehead atoms. The molecule has 0 radical (unpaired) electrons. The number of rotatable bonds is 3. The summed E-state index contributed by atoms with van der Waals surface area (Å²) in [6, 6.07) is 6.92. The Bertz CT molecular complexity index is 509. The zero-order chi connectivity index (χ0) is 14.7. The van der Waals surface area contributed by atoms with E-state index in [1.165, 1.54) is 6.07 Å². The van der Waals surface area contributed by atoms with Crippen LogP contribution >= 0.6 is 12.4 Å². The summed E-state index contributed by atoms with van der Waals surface area (Å²) in [6.07, 6.45) is 2.37. The average molecular weight is 329 g/mol. The highest BCUT2D eigenvalue weighted by molar-refractivity contribution is 5.85. The van der Waals surface area contributed by atoms with Crippen LogP contribution in [0.25, 0.3) is 0 Å². The fraction of sp³-hybridized carbons (Fsp3) is 0.562. The van der Waals surface area contributed by atoms with E-state index in [0.29, 0.717) is 37.7 Å². The quantitative estimate of drug-likeness (QED) is 0.925. The molecule has 1 aromatic carbocycles. The lowest BCUT2D eigenvalue weighted by Gasteiger charge is -2.34. The zero-order valence-electron chi connectivity index (χ0n) is 12.5. The Hall–Kier alpha value is -1.17. The molecule has 2 atom stereocenters. The Morgan fingerprint density at radius 1 is 1.41 bits per heavy atom. The molecule has 2 heterocycles. The van der Waals surface area contributed by atoms with Crippen molar-refractivity contribution in [2.24, 2.45) is 0 Å². The molecule has 2 aliphatic heterocycles. The van der Waals surface area contributed by atoms with Crippen molar-refractivity contribution in [1.82, 2.24) is 10.2 Å². The van der Waals surface area contributed by atoms with Crippen LogP contribution in [0.3, 0.4) is 0 Å². The molecule has 1 aromatic rings. The second kappa shape index (κ2) is 7.90. The maximum Gasteiger partial charge on any atom is 0.224 e. The number of hydrogen-bond acceptors (Lipinski definition) is 3. The van der Waals surface area contributed by atoms with Crippen LogP contribution in [-0.4, -0.2) is 43.1 Å². The van der Waals surface area contributed by atoms with E-state index in [0.717, 1.165) is 19.4 Å². The Kier molecular flexibility index (Phi) is 6.17. The number of nitrogens with zero attached hydrogens (tertiary/aromatic N) is 1. The van der Waals surface area contributed by atoms with E-state index in [-0.39, 0.29) is 30.2 Å². The molecule has 6 heteroatoms. The van der Waals surface area contributed by atoms with E-state index in [4.69, 9.17) is 4.74 Å². The van der Waals surface area contributed by atoms with Gasteiger partial charge in [0.25, 0.3) is 0 Å². The van der Waals surface area contributed by atoms with Gasteiger partial charge < -0.3 is 15.0 Å². The lowest BCUT2D eigenvalue weighted by Crippen LogP contribution is -2.44. The Labute approximate surface area is 136 Å². The van der Waals surface area contributed by atoms with E-state index in [1.54, 1.807) is 23.1 Å². The van der Waals surface area contributed by atoms with E-state index in [2.05, 4.69) is 5.32 Å². The van der Waals surface area contributed by atoms with Crippen LogP contribution < -0.4 is 5.32 Å². The first-order valence-electron chi connectivity index (χ1n) is 7.61. The van der Waals surface area contributed by atoms with Crippen molar-refractivity contribution in [1.29, 1.82) is 0 Å². The van der Waals surface area contributed by atoms with Crippen LogP contribution in [0.5, 0.6) is 0 Å². The van der Waals surface area contributed by atoms with Crippen molar-refractivity contribution in [2.75, 3.05) is 26.2 Å². The van der Waals surface area contributed by atoms with Crippen LogP contribution in [0.4, 0.5) is 4.39 Å². The maximum absolute atomic E-state index is 13.8. The van der Waals surface area contributed by atoms with E-state index in [1.807, 2.05) is 0 Å². The molecule has 122 valence electrons. The van der Waals surface area contributed by atoms with Crippen LogP contribution in [-0.2, 0) is 9.53 Å². The highest BCUT2D eigenvalue weighted by Gasteiger charge is 2.28. The third-order valence-electron chi connectivity index (χ3n) is 4.25. The lowest BCUT2D eigenvalue weighted by molar-refractivity contribution is -0.139. The van der Waals surface area contributed by atoms with Gasteiger partial charge in [0.15, 0.2) is 0 Å². The summed E-state index contributed by atoms with van der Waals surface area (Å²) >= 11 is 0. The standard InChI is InChI=1S/C16H21FN2O2.ClH/c17-14-6-2-1-5-13(14)15-11-19(8-9-21-15)16(20)10-12-4-3-7-18-12;/h1-2,5-6,12,15,18H,3-4,7-11H2;1H. The fourth-order valence-electron chi connectivity index (χ4n) is 3.07. The summed E-state index contributed by atoms with van der Waals surface area (Å²) in [6.45, 7) is 2.49. The van der Waals surface area contributed by atoms with E-state index >= 15 is 0 Å². The Morgan fingerprint density at radius 2 is 2.23 bits per heavy atom. The van der Waals surface area contributed by atoms with Gasteiger partial charge in [-0.15, -0.1) is 12.4 Å². The molecule has 1 amide bonds. The summed E-state index contributed by atoms with van der Waals surface area (Å²) < 4.78 is 19.5. The molecule has 0 spiro atoms. The number of benzene rings is 1. The second-order valence-corrected chi connectivity index (χ2v) is 5.72. The monoisotopic (exact) mass is 328 g/mol. The third kappa shape index (κ3) is 3.97. The molecule has 3 rings (SSSR count). The lowest BCUT2D eigenvalue weighted by atomic mass is 10.1. The minimum absolute atomic E-state index is 0. The first-order valence-corrected chi connectivity index (χ1v) is 7.61. The molecule has 0 aliphatic carbocycles. The molecule has 2 aliphatic rings. The van der Waals surface area contributed by atoms with Gasteiger partial charge in [-0.2, -0.15) is 0 Å². The van der Waals surface area contributed by atoms with Gasteiger partial charge in [-0.25, -0.2) is 4.39 Å². The van der Waals surface area contributed by atoms with E-state index in [9.17, 15) is 9.18 Å². The highest BCUT2D eigenvalue weighted by atomic mass is 35.5. The smallest absolute Gasteiger partial charge is 0.224 e. The van der Waals surface area contributed by atoms with Gasteiger partial charge in [-0.3, -0.25) is 4.79 Å². The van der Waals surface area contributed by atoms with Gasteiger partial charge >= 0.3 is 0 Å². The molecule has 22 heavy (non-hydrogen) atoms. The maximum atomic E-state index is 13.8. The van der Waals surface area contributed by atoms with Gasteiger partial charge in [0.05, 0.1) is 13.2 Å². The fourth-order valence-corrected chi connectivity index (χ4v) is 3.07. The van der Waals surface area contributed by atoms with Crippen molar-refractivity contribution < 1.29 is 13.9 Å². The molecule has 4 nitrogen and oxygen atoms in total. The number of ether oxygens (including phenoxy) is 1. The van der Waals surface area contributed by atoms with E-state index < -0.39 is 0 Å². The van der Waals surface area contributed by atoms with Crippen molar-refractivity contribution >= 4 is 18.3 Å².